The number of carbonyl (C=O) groups excluding carboxylic acids is 1. The second kappa shape index (κ2) is 13.6. The molecule has 2 nitrogen and oxygen atoms in total. The zero-order valence-electron chi connectivity index (χ0n) is 18.9. The second-order valence-electron chi connectivity index (χ2n) is 8.05. The maximum atomic E-state index is 12.3. The Hall–Kier alpha value is -2.53. The molecule has 2 aromatic carbocycles. The highest BCUT2D eigenvalue weighted by Crippen LogP contribution is 2.12. The fraction of sp³-hybridized carbons (Fsp3) is 0.464. The minimum atomic E-state index is -0.254. The normalized spacial score (nSPS) is 11.4. The number of esters is 1. The summed E-state index contributed by atoms with van der Waals surface area (Å²) in [7, 11) is 0. The molecule has 0 fully saturated rings. The number of rotatable bonds is 11. The van der Waals surface area contributed by atoms with E-state index in [0.29, 0.717) is 5.56 Å². The van der Waals surface area contributed by atoms with Crippen molar-refractivity contribution in [2.24, 2.45) is 0 Å². The van der Waals surface area contributed by atoms with Crippen LogP contribution >= 0.6 is 0 Å². The molecular weight excluding hydrogens is 368 g/mol. The fourth-order valence-corrected chi connectivity index (χ4v) is 3.34. The van der Waals surface area contributed by atoms with Crippen molar-refractivity contribution >= 4 is 5.97 Å². The minimum absolute atomic E-state index is 0.0428. The summed E-state index contributed by atoms with van der Waals surface area (Å²) in [6.45, 7) is 6.39. The van der Waals surface area contributed by atoms with Crippen LogP contribution in [0.5, 0.6) is 0 Å². The molecule has 30 heavy (non-hydrogen) atoms. The van der Waals surface area contributed by atoms with Crippen molar-refractivity contribution in [2.45, 2.75) is 84.7 Å². The highest BCUT2D eigenvalue weighted by molar-refractivity contribution is 5.89. The van der Waals surface area contributed by atoms with Crippen molar-refractivity contribution in [3.63, 3.8) is 0 Å². The van der Waals surface area contributed by atoms with Gasteiger partial charge in [0.15, 0.2) is 0 Å². The predicted octanol–water partition coefficient (Wildman–Crippen LogP) is 7.33. The van der Waals surface area contributed by atoms with E-state index in [4.69, 9.17) is 4.74 Å². The summed E-state index contributed by atoms with van der Waals surface area (Å²) in [4.78, 5) is 12.3. The summed E-state index contributed by atoms with van der Waals surface area (Å²) >= 11 is 0. The fourth-order valence-electron chi connectivity index (χ4n) is 3.34. The molecule has 0 spiro atoms. The Labute approximate surface area is 183 Å². The van der Waals surface area contributed by atoms with Gasteiger partial charge in [-0.25, -0.2) is 4.79 Å². The van der Waals surface area contributed by atoms with Gasteiger partial charge in [-0.1, -0.05) is 69.9 Å². The molecule has 160 valence electrons. The number of ether oxygens (including phenoxy) is 1. The number of benzene rings is 2. The summed E-state index contributed by atoms with van der Waals surface area (Å²) in [6, 6.07) is 15.9. The van der Waals surface area contributed by atoms with Crippen molar-refractivity contribution in [3.05, 3.63) is 70.8 Å². The lowest BCUT2D eigenvalue weighted by Gasteiger charge is -2.13. The molecule has 2 rings (SSSR count). The summed E-state index contributed by atoms with van der Waals surface area (Å²) in [5.41, 5.74) is 3.86. The van der Waals surface area contributed by atoms with Gasteiger partial charge in [-0.15, -0.1) is 0 Å². The SMILES string of the molecule is CCCCCCC(C)OC(=O)c1ccc(C#Cc2ccc(CCCCC)cc2)cc1. The van der Waals surface area contributed by atoms with E-state index < -0.39 is 0 Å². The molecule has 0 N–H and O–H groups in total. The van der Waals surface area contributed by atoms with Crippen LogP contribution in [0.3, 0.4) is 0 Å². The van der Waals surface area contributed by atoms with E-state index in [2.05, 4.69) is 50.0 Å². The molecule has 0 saturated heterocycles. The summed E-state index contributed by atoms with van der Waals surface area (Å²) in [5, 5.41) is 0. The lowest BCUT2D eigenvalue weighted by molar-refractivity contribution is 0.0319. The van der Waals surface area contributed by atoms with Crippen LogP contribution in [0.15, 0.2) is 48.5 Å². The first-order chi connectivity index (χ1) is 14.6. The molecule has 0 bridgehead atoms. The third-order valence-electron chi connectivity index (χ3n) is 5.27. The summed E-state index contributed by atoms with van der Waals surface area (Å²) in [6.07, 6.45) is 10.6. The van der Waals surface area contributed by atoms with E-state index in [-0.39, 0.29) is 12.1 Å². The molecule has 1 unspecified atom stereocenters. The molecule has 0 amide bonds. The van der Waals surface area contributed by atoms with Gasteiger partial charge in [0.2, 0.25) is 0 Å². The van der Waals surface area contributed by atoms with Gasteiger partial charge in [-0.3, -0.25) is 0 Å². The standard InChI is InChI=1S/C28H36O2/c1-4-6-8-10-11-23(3)30-28(29)27-21-19-26(20-22-27)18-17-25-15-13-24(14-16-25)12-9-7-5-2/h13-16,19-23H,4-12H2,1-3H3. The summed E-state index contributed by atoms with van der Waals surface area (Å²) < 4.78 is 5.56. The molecule has 0 aliphatic rings. The first kappa shape index (κ1) is 23.7. The van der Waals surface area contributed by atoms with Gasteiger partial charge < -0.3 is 4.74 Å². The number of carbonyl (C=O) groups is 1. The average Bonchev–Trinajstić information content (AvgIpc) is 2.76. The number of hydrogen-bond donors (Lipinski definition) is 0. The number of hydrogen-bond acceptors (Lipinski definition) is 2. The van der Waals surface area contributed by atoms with Gasteiger partial charge >= 0.3 is 5.97 Å². The topological polar surface area (TPSA) is 26.3 Å². The Bertz CT molecular complexity index is 806. The van der Waals surface area contributed by atoms with Crippen LogP contribution < -0.4 is 0 Å². The van der Waals surface area contributed by atoms with Crippen molar-refractivity contribution in [1.29, 1.82) is 0 Å². The first-order valence-corrected chi connectivity index (χ1v) is 11.5. The number of aryl methyl sites for hydroxylation is 1. The van der Waals surface area contributed by atoms with E-state index in [0.717, 1.165) is 30.4 Å². The van der Waals surface area contributed by atoms with Crippen LogP contribution in [0.1, 0.15) is 99.2 Å². The Morgan fingerprint density at radius 2 is 1.37 bits per heavy atom. The van der Waals surface area contributed by atoms with Crippen molar-refractivity contribution in [1.82, 2.24) is 0 Å². The predicted molar refractivity (Wildman–Crippen MR) is 126 cm³/mol. The lowest BCUT2D eigenvalue weighted by Crippen LogP contribution is -2.15. The highest BCUT2D eigenvalue weighted by Gasteiger charge is 2.11. The maximum absolute atomic E-state index is 12.3. The van der Waals surface area contributed by atoms with E-state index in [1.807, 2.05) is 19.1 Å². The first-order valence-electron chi connectivity index (χ1n) is 11.5. The van der Waals surface area contributed by atoms with Crippen molar-refractivity contribution in [2.75, 3.05) is 0 Å². The lowest BCUT2D eigenvalue weighted by atomic mass is 10.1. The Kier molecular flexibility index (Phi) is 10.8. The van der Waals surface area contributed by atoms with Crippen LogP contribution in [0.25, 0.3) is 0 Å². The monoisotopic (exact) mass is 404 g/mol. The zero-order chi connectivity index (χ0) is 21.6. The molecule has 0 radical (unpaired) electrons. The molecule has 0 aliphatic heterocycles. The second-order valence-corrected chi connectivity index (χ2v) is 8.05. The van der Waals surface area contributed by atoms with Gasteiger partial charge in [0.25, 0.3) is 0 Å². The van der Waals surface area contributed by atoms with Crippen LogP contribution in [0.4, 0.5) is 0 Å². The highest BCUT2D eigenvalue weighted by atomic mass is 16.5. The van der Waals surface area contributed by atoms with E-state index in [1.54, 1.807) is 12.1 Å². The molecule has 1 atom stereocenters. The molecular formula is C28H36O2. The average molecular weight is 405 g/mol. The van der Waals surface area contributed by atoms with E-state index in [1.165, 1.54) is 44.1 Å². The van der Waals surface area contributed by atoms with Gasteiger partial charge in [0, 0.05) is 11.1 Å². The Morgan fingerprint density at radius 3 is 1.97 bits per heavy atom. The van der Waals surface area contributed by atoms with Gasteiger partial charge in [-0.2, -0.15) is 0 Å². The van der Waals surface area contributed by atoms with Crippen LogP contribution in [0.2, 0.25) is 0 Å². The third kappa shape index (κ3) is 8.87. The molecule has 2 heteroatoms. The van der Waals surface area contributed by atoms with Crippen LogP contribution in [-0.2, 0) is 11.2 Å². The molecule has 2 aromatic rings. The number of unbranched alkanes of at least 4 members (excludes halogenated alkanes) is 5. The molecule has 0 heterocycles. The van der Waals surface area contributed by atoms with Gasteiger partial charge in [0.1, 0.15) is 0 Å². The molecule has 0 aromatic heterocycles. The smallest absolute Gasteiger partial charge is 0.338 e. The van der Waals surface area contributed by atoms with Gasteiger partial charge in [-0.05, 0) is 74.6 Å². The van der Waals surface area contributed by atoms with Gasteiger partial charge in [0.05, 0.1) is 11.7 Å². The maximum Gasteiger partial charge on any atom is 0.338 e. The van der Waals surface area contributed by atoms with E-state index in [9.17, 15) is 4.79 Å². The molecule has 0 saturated carbocycles. The summed E-state index contributed by atoms with van der Waals surface area (Å²) in [5.74, 6) is 6.13. The van der Waals surface area contributed by atoms with Crippen LogP contribution in [-0.4, -0.2) is 12.1 Å². The zero-order valence-corrected chi connectivity index (χ0v) is 18.9. The van der Waals surface area contributed by atoms with Crippen LogP contribution in [0, 0.1) is 11.8 Å². The quantitative estimate of drug-likeness (QED) is 0.222. The largest absolute Gasteiger partial charge is 0.459 e. The van der Waals surface area contributed by atoms with Crippen molar-refractivity contribution < 1.29 is 9.53 Å². The Morgan fingerprint density at radius 1 is 0.800 bits per heavy atom. The Balaban J connectivity index is 1.85. The third-order valence-corrected chi connectivity index (χ3v) is 5.27. The van der Waals surface area contributed by atoms with E-state index >= 15 is 0 Å². The molecule has 0 aliphatic carbocycles. The van der Waals surface area contributed by atoms with Crippen molar-refractivity contribution in [3.8, 4) is 11.8 Å². The minimum Gasteiger partial charge on any atom is -0.459 e.